The Hall–Kier alpha value is -1.87. The Morgan fingerprint density at radius 1 is 0.926 bits per heavy atom. The van der Waals surface area contributed by atoms with Crippen LogP contribution in [-0.4, -0.2) is 55.7 Å². The molecule has 0 aromatic rings. The van der Waals surface area contributed by atoms with Crippen LogP contribution in [0.5, 0.6) is 0 Å². The molecule has 2 rings (SSSR count). The Kier molecular flexibility index (Phi) is 9.20. The first-order valence-electron chi connectivity index (χ1n) is 8.54. The number of rotatable bonds is 0. The van der Waals surface area contributed by atoms with Crippen LogP contribution in [0.1, 0.15) is 55.4 Å². The quantitative estimate of drug-likeness (QED) is 0.357. The van der Waals surface area contributed by atoms with Crippen molar-refractivity contribution in [2.24, 2.45) is 0 Å². The fraction of sp³-hybridized carbons (Fsp3) is 0.611. The number of allylic oxidation sites excluding steroid dienone is 1. The van der Waals surface area contributed by atoms with E-state index in [0.29, 0.717) is 22.5 Å². The summed E-state index contributed by atoms with van der Waals surface area (Å²) in [6, 6.07) is 0. The molecule has 27 heavy (non-hydrogen) atoms. The van der Waals surface area contributed by atoms with Crippen LogP contribution in [0.3, 0.4) is 0 Å². The maximum atomic E-state index is 11.7. The second-order valence-corrected chi connectivity index (χ2v) is 8.51. The molecule has 2 aliphatic rings. The van der Waals surface area contributed by atoms with Crippen LogP contribution < -0.4 is 10.6 Å². The fourth-order valence-corrected chi connectivity index (χ4v) is 3.26. The highest BCUT2D eigenvalue weighted by Gasteiger charge is 2.37. The van der Waals surface area contributed by atoms with Gasteiger partial charge >= 0.3 is 0 Å². The summed E-state index contributed by atoms with van der Waals surface area (Å²) in [7, 11) is 0. The molecule has 0 atom stereocenters. The molecule has 2 aliphatic heterocycles. The van der Waals surface area contributed by atoms with E-state index in [4.69, 9.17) is 29.2 Å². The second kappa shape index (κ2) is 9.89. The molecule has 0 bridgehead atoms. The fourth-order valence-electron chi connectivity index (χ4n) is 2.34. The van der Waals surface area contributed by atoms with Gasteiger partial charge in [0.05, 0.1) is 6.54 Å². The molecule has 0 unspecified atom stereocenters. The van der Waals surface area contributed by atoms with Crippen LogP contribution in [0.4, 0.5) is 0 Å². The van der Waals surface area contributed by atoms with Crippen molar-refractivity contribution in [2.45, 2.75) is 66.5 Å². The van der Waals surface area contributed by atoms with Gasteiger partial charge in [-0.15, -0.1) is 0 Å². The summed E-state index contributed by atoms with van der Waals surface area (Å²) in [6.07, 6.45) is 2.49. The van der Waals surface area contributed by atoms with Gasteiger partial charge in [0.1, 0.15) is 12.0 Å². The molecule has 2 fully saturated rings. The molecule has 0 aromatic carbocycles. The van der Waals surface area contributed by atoms with Crippen LogP contribution in [0.25, 0.3) is 0 Å². The van der Waals surface area contributed by atoms with Gasteiger partial charge in [0.15, 0.2) is 10.2 Å². The third-order valence-corrected chi connectivity index (χ3v) is 3.96. The van der Waals surface area contributed by atoms with Crippen LogP contribution in [-0.2, 0) is 14.4 Å². The van der Waals surface area contributed by atoms with Crippen molar-refractivity contribution < 1.29 is 14.4 Å². The Balaban J connectivity index is 0.000000442. The molecule has 9 heteroatoms. The lowest BCUT2D eigenvalue weighted by Crippen LogP contribution is -2.45. The molecule has 0 saturated carbocycles. The number of nitrogens with zero attached hydrogens (tertiary/aromatic N) is 2. The first-order chi connectivity index (χ1) is 12.2. The zero-order valence-corrected chi connectivity index (χ0v) is 18.9. The van der Waals surface area contributed by atoms with E-state index < -0.39 is 0 Å². The van der Waals surface area contributed by atoms with E-state index >= 15 is 0 Å². The lowest BCUT2D eigenvalue weighted by molar-refractivity contribution is -0.127. The van der Waals surface area contributed by atoms with E-state index in [1.165, 1.54) is 6.92 Å². The van der Waals surface area contributed by atoms with Gasteiger partial charge in [-0.1, -0.05) is 6.08 Å². The number of aldehydes is 1. The molecule has 7 nitrogen and oxygen atoms in total. The summed E-state index contributed by atoms with van der Waals surface area (Å²) in [4.78, 5) is 34.9. The number of hydrogen-bond donors (Lipinski definition) is 2. The van der Waals surface area contributed by atoms with E-state index in [2.05, 4.69) is 10.6 Å². The summed E-state index contributed by atoms with van der Waals surface area (Å²) in [6.45, 7) is 15.4. The van der Waals surface area contributed by atoms with Gasteiger partial charge in [0, 0.05) is 11.1 Å². The van der Waals surface area contributed by atoms with Gasteiger partial charge in [0.25, 0.3) is 5.91 Å². The number of amides is 2. The number of carbonyl (C=O) groups excluding carboxylic acids is 3. The lowest BCUT2D eigenvalue weighted by atomic mass is 10.1. The van der Waals surface area contributed by atoms with Gasteiger partial charge < -0.3 is 15.4 Å². The highest BCUT2D eigenvalue weighted by atomic mass is 32.1. The summed E-state index contributed by atoms with van der Waals surface area (Å²) in [5.41, 5.74) is 0.115. The van der Waals surface area contributed by atoms with Crippen molar-refractivity contribution >= 4 is 52.8 Å². The normalized spacial score (nSPS) is 18.4. The number of carbonyl (C=O) groups is 3. The lowest BCUT2D eigenvalue weighted by Gasteiger charge is -2.30. The van der Waals surface area contributed by atoms with E-state index in [0.717, 1.165) is 6.29 Å². The van der Waals surface area contributed by atoms with E-state index in [-0.39, 0.29) is 22.9 Å². The van der Waals surface area contributed by atoms with Crippen molar-refractivity contribution in [3.8, 4) is 0 Å². The van der Waals surface area contributed by atoms with Gasteiger partial charge in [0.2, 0.25) is 5.91 Å². The smallest absolute Gasteiger partial charge is 0.276 e. The largest absolute Gasteiger partial charge is 0.353 e. The van der Waals surface area contributed by atoms with E-state index in [9.17, 15) is 9.59 Å². The van der Waals surface area contributed by atoms with Crippen LogP contribution >= 0.6 is 24.4 Å². The van der Waals surface area contributed by atoms with Gasteiger partial charge in [-0.2, -0.15) is 0 Å². The Morgan fingerprint density at radius 3 is 1.56 bits per heavy atom. The molecule has 2 saturated heterocycles. The van der Waals surface area contributed by atoms with E-state index in [1.54, 1.807) is 15.9 Å². The molecule has 0 spiro atoms. The second-order valence-electron chi connectivity index (χ2n) is 7.74. The first-order valence-corrected chi connectivity index (χ1v) is 9.36. The third kappa shape index (κ3) is 6.99. The van der Waals surface area contributed by atoms with Gasteiger partial charge in [-0.3, -0.25) is 19.4 Å². The highest BCUT2D eigenvalue weighted by Crippen LogP contribution is 2.21. The summed E-state index contributed by atoms with van der Waals surface area (Å²) in [5.74, 6) is 0.0162. The molecular weight excluding hydrogens is 384 g/mol. The molecule has 0 aromatic heterocycles. The number of hydrogen-bond acceptors (Lipinski definition) is 5. The van der Waals surface area contributed by atoms with Crippen LogP contribution in [0.15, 0.2) is 11.8 Å². The summed E-state index contributed by atoms with van der Waals surface area (Å²) in [5, 5.41) is 6.75. The Morgan fingerprint density at radius 2 is 1.37 bits per heavy atom. The first kappa shape index (κ1) is 25.1. The monoisotopic (exact) mass is 414 g/mol. The molecule has 2 amide bonds. The average molecular weight is 415 g/mol. The van der Waals surface area contributed by atoms with Crippen molar-refractivity contribution in [3.63, 3.8) is 0 Å². The van der Waals surface area contributed by atoms with Crippen molar-refractivity contribution in [1.29, 1.82) is 0 Å². The molecule has 0 aliphatic carbocycles. The minimum Gasteiger partial charge on any atom is -0.353 e. The zero-order valence-electron chi connectivity index (χ0n) is 17.3. The van der Waals surface area contributed by atoms with Crippen molar-refractivity contribution in [3.05, 3.63) is 11.8 Å². The van der Waals surface area contributed by atoms with Crippen LogP contribution in [0.2, 0.25) is 0 Å². The topological polar surface area (TPSA) is 81.8 Å². The van der Waals surface area contributed by atoms with Gasteiger partial charge in [-0.05, 0) is 79.8 Å². The predicted octanol–water partition coefficient (Wildman–Crippen LogP) is 2.11. The molecule has 0 radical (unpaired) electrons. The van der Waals surface area contributed by atoms with Crippen molar-refractivity contribution in [1.82, 2.24) is 20.4 Å². The standard InChI is InChI=1S/C9H14N2OS.C7H12N2OS.C2H4O/c1-5-6-7(12)11(8(13)10-6)9(2,3)4;1-7(2,3)9-5(10)4-8-6(9)11;1-2-3/h5H,1-4H3,(H,10,13);4H2,1-3H3,(H,8,11);2H,1H3/b6-5-;;. The van der Waals surface area contributed by atoms with Crippen molar-refractivity contribution in [2.75, 3.05) is 6.54 Å². The maximum absolute atomic E-state index is 11.7. The minimum atomic E-state index is -0.258. The van der Waals surface area contributed by atoms with Crippen LogP contribution in [0, 0.1) is 0 Å². The zero-order chi connectivity index (χ0) is 21.6. The average Bonchev–Trinajstić information content (AvgIpc) is 2.98. The summed E-state index contributed by atoms with van der Waals surface area (Å²) >= 11 is 10.0. The maximum Gasteiger partial charge on any atom is 0.276 e. The number of nitrogens with one attached hydrogen (secondary N) is 2. The van der Waals surface area contributed by atoms with Gasteiger partial charge in [-0.25, -0.2) is 0 Å². The molecular formula is C18H30N4O3S2. The summed E-state index contributed by atoms with van der Waals surface area (Å²) < 4.78 is 0. The van der Waals surface area contributed by atoms with E-state index in [1.807, 2.05) is 48.5 Å². The number of thiocarbonyl (C=S) groups is 2. The Labute approximate surface area is 172 Å². The SMILES string of the molecule is C/C=C1\NC(=S)N(C(C)(C)C)C1=O.CC(C)(C)N1C(=O)CNC1=S.CC=O. The highest BCUT2D eigenvalue weighted by molar-refractivity contribution is 7.80. The minimum absolute atomic E-state index is 0.0417. The third-order valence-electron chi connectivity index (χ3n) is 3.35. The Bertz CT molecular complexity index is 630. The molecule has 2 heterocycles. The molecule has 2 N–H and O–H groups in total. The predicted molar refractivity (Wildman–Crippen MR) is 115 cm³/mol. The molecule has 152 valence electrons.